The topological polar surface area (TPSA) is 84.2 Å². The van der Waals surface area contributed by atoms with Crippen LogP contribution in [0.3, 0.4) is 0 Å². The fourth-order valence-corrected chi connectivity index (χ4v) is 3.60. The van der Waals surface area contributed by atoms with Crippen LogP contribution in [0.25, 0.3) is 21.7 Å². The van der Waals surface area contributed by atoms with Crippen molar-refractivity contribution in [3.63, 3.8) is 0 Å². The first-order chi connectivity index (χ1) is 16.0. The van der Waals surface area contributed by atoms with Crippen molar-refractivity contribution in [2.45, 2.75) is 20.8 Å². The zero-order chi connectivity index (χ0) is 23.4. The Bertz CT molecular complexity index is 1340. The van der Waals surface area contributed by atoms with Crippen molar-refractivity contribution in [1.82, 2.24) is 0 Å². The summed E-state index contributed by atoms with van der Waals surface area (Å²) in [5.41, 5.74) is 0.127. The van der Waals surface area contributed by atoms with Gasteiger partial charge in [-0.3, -0.25) is 0 Å². The Balaban J connectivity index is 1.70. The summed E-state index contributed by atoms with van der Waals surface area (Å²) in [5.74, 6) is 0.872. The molecule has 33 heavy (non-hydrogen) atoms. The van der Waals surface area contributed by atoms with E-state index in [-0.39, 0.29) is 11.3 Å². The molecule has 4 aromatic rings. The van der Waals surface area contributed by atoms with Gasteiger partial charge in [0.05, 0.1) is 30.8 Å². The first kappa shape index (κ1) is 22.2. The Labute approximate surface area is 190 Å². The third-order valence-electron chi connectivity index (χ3n) is 4.95. The predicted molar refractivity (Wildman–Crippen MR) is 125 cm³/mol. The highest BCUT2D eigenvalue weighted by Gasteiger charge is 2.20. The zero-order valence-electron chi connectivity index (χ0n) is 18.7. The molecule has 0 aliphatic rings. The Hall–Kier alpha value is -4.00. The number of rotatable bonds is 8. The lowest BCUT2D eigenvalue weighted by Crippen LogP contribution is -2.11. The van der Waals surface area contributed by atoms with E-state index in [0.717, 1.165) is 10.8 Å². The van der Waals surface area contributed by atoms with Crippen LogP contribution in [-0.2, 0) is 0 Å². The molecule has 0 unspecified atom stereocenters. The van der Waals surface area contributed by atoms with E-state index in [2.05, 4.69) is 0 Å². The van der Waals surface area contributed by atoms with Crippen molar-refractivity contribution in [2.24, 2.45) is 0 Å². The smallest absolute Gasteiger partial charge is 0.344 e. The number of hydrogen-bond acceptors (Lipinski definition) is 7. The second kappa shape index (κ2) is 9.65. The van der Waals surface area contributed by atoms with Gasteiger partial charge in [0, 0.05) is 11.5 Å². The van der Waals surface area contributed by atoms with Gasteiger partial charge in [-0.25, -0.2) is 9.59 Å². The van der Waals surface area contributed by atoms with Crippen LogP contribution < -0.4 is 24.6 Å². The van der Waals surface area contributed by atoms with Gasteiger partial charge < -0.3 is 23.4 Å². The first-order valence-corrected chi connectivity index (χ1v) is 10.8. The molecular weight excluding hydrogens is 424 g/mol. The molecule has 1 aromatic heterocycles. The summed E-state index contributed by atoms with van der Waals surface area (Å²) in [6.45, 7) is 6.74. The van der Waals surface area contributed by atoms with E-state index < -0.39 is 11.6 Å². The van der Waals surface area contributed by atoms with E-state index in [1.165, 1.54) is 6.07 Å². The van der Waals surface area contributed by atoms with E-state index >= 15 is 0 Å². The van der Waals surface area contributed by atoms with Gasteiger partial charge in [-0.05, 0) is 56.5 Å². The standard InChI is InChI=1S/C26H24O7/c1-4-29-22-13-16(14-23(30-5-2)24(22)31-6-3)25(27)32-17-11-12-19-18-9-7-8-10-20(18)26(28)33-21(19)15-17/h7-15H,4-6H2,1-3H3. The summed E-state index contributed by atoms with van der Waals surface area (Å²) < 4.78 is 28.0. The molecule has 0 atom stereocenters. The lowest BCUT2D eigenvalue weighted by molar-refractivity contribution is 0.0733. The van der Waals surface area contributed by atoms with Crippen LogP contribution in [0.5, 0.6) is 23.0 Å². The molecule has 0 aliphatic heterocycles. The second-order valence-corrected chi connectivity index (χ2v) is 7.08. The molecule has 7 heteroatoms. The van der Waals surface area contributed by atoms with E-state index in [0.29, 0.717) is 48.0 Å². The predicted octanol–water partition coefficient (Wildman–Crippen LogP) is 5.36. The average Bonchev–Trinajstić information content (AvgIpc) is 2.81. The number of carbonyl (C=O) groups excluding carboxylic acids is 1. The molecule has 4 rings (SSSR count). The highest BCUT2D eigenvalue weighted by Crippen LogP contribution is 2.39. The van der Waals surface area contributed by atoms with Crippen LogP contribution in [0, 0.1) is 0 Å². The lowest BCUT2D eigenvalue weighted by Gasteiger charge is -2.16. The molecule has 0 fully saturated rings. The fourth-order valence-electron chi connectivity index (χ4n) is 3.60. The Morgan fingerprint density at radius 3 is 2.06 bits per heavy atom. The van der Waals surface area contributed by atoms with Crippen molar-refractivity contribution in [1.29, 1.82) is 0 Å². The molecule has 0 N–H and O–H groups in total. The average molecular weight is 448 g/mol. The van der Waals surface area contributed by atoms with Gasteiger partial charge >= 0.3 is 11.6 Å². The highest BCUT2D eigenvalue weighted by atomic mass is 16.5. The number of carbonyl (C=O) groups is 1. The van der Waals surface area contributed by atoms with E-state index in [1.807, 2.05) is 32.9 Å². The normalized spacial score (nSPS) is 10.9. The summed E-state index contributed by atoms with van der Waals surface area (Å²) >= 11 is 0. The molecule has 0 amide bonds. The summed E-state index contributed by atoms with van der Waals surface area (Å²) in [5, 5.41) is 2.02. The number of fused-ring (bicyclic) bond motifs is 3. The largest absolute Gasteiger partial charge is 0.490 e. The van der Waals surface area contributed by atoms with E-state index in [1.54, 1.807) is 36.4 Å². The van der Waals surface area contributed by atoms with Crippen molar-refractivity contribution >= 4 is 27.7 Å². The summed E-state index contributed by atoms with van der Waals surface area (Å²) in [7, 11) is 0. The molecule has 0 radical (unpaired) electrons. The quantitative estimate of drug-likeness (QED) is 0.155. The fraction of sp³-hybridized carbons (Fsp3) is 0.231. The highest BCUT2D eigenvalue weighted by molar-refractivity contribution is 6.04. The third-order valence-corrected chi connectivity index (χ3v) is 4.95. The maximum atomic E-state index is 12.9. The van der Waals surface area contributed by atoms with Gasteiger partial charge in [0.1, 0.15) is 11.3 Å². The van der Waals surface area contributed by atoms with Crippen molar-refractivity contribution in [3.8, 4) is 23.0 Å². The Morgan fingerprint density at radius 2 is 1.42 bits per heavy atom. The van der Waals surface area contributed by atoms with Crippen LogP contribution >= 0.6 is 0 Å². The molecule has 3 aromatic carbocycles. The van der Waals surface area contributed by atoms with Crippen LogP contribution in [0.4, 0.5) is 0 Å². The van der Waals surface area contributed by atoms with Crippen LogP contribution in [0.1, 0.15) is 31.1 Å². The van der Waals surface area contributed by atoms with Gasteiger partial charge in [0.2, 0.25) is 5.75 Å². The monoisotopic (exact) mass is 448 g/mol. The van der Waals surface area contributed by atoms with Crippen LogP contribution in [-0.4, -0.2) is 25.8 Å². The van der Waals surface area contributed by atoms with Gasteiger partial charge in [-0.1, -0.05) is 18.2 Å². The SMILES string of the molecule is CCOc1cc(C(=O)Oc2ccc3c(c2)oc(=O)c2ccccc23)cc(OCC)c1OCC. The molecular formula is C26H24O7. The van der Waals surface area contributed by atoms with Gasteiger partial charge in [0.25, 0.3) is 0 Å². The summed E-state index contributed by atoms with van der Waals surface area (Å²) in [6.07, 6.45) is 0. The molecule has 0 aliphatic carbocycles. The zero-order valence-corrected chi connectivity index (χ0v) is 18.7. The number of ether oxygens (including phenoxy) is 4. The van der Waals surface area contributed by atoms with Crippen LogP contribution in [0.15, 0.2) is 63.8 Å². The Morgan fingerprint density at radius 1 is 0.788 bits per heavy atom. The molecule has 7 nitrogen and oxygen atoms in total. The van der Waals surface area contributed by atoms with Gasteiger partial charge in [-0.15, -0.1) is 0 Å². The minimum atomic E-state index is -0.609. The van der Waals surface area contributed by atoms with Gasteiger partial charge in [-0.2, -0.15) is 0 Å². The first-order valence-electron chi connectivity index (χ1n) is 10.8. The minimum Gasteiger partial charge on any atom is -0.490 e. The van der Waals surface area contributed by atoms with Gasteiger partial charge in [0.15, 0.2) is 11.5 Å². The van der Waals surface area contributed by atoms with Crippen molar-refractivity contribution in [2.75, 3.05) is 19.8 Å². The van der Waals surface area contributed by atoms with Crippen LogP contribution in [0.2, 0.25) is 0 Å². The number of benzene rings is 3. The van der Waals surface area contributed by atoms with Crippen molar-refractivity contribution in [3.05, 3.63) is 70.6 Å². The molecule has 0 saturated heterocycles. The molecule has 170 valence electrons. The maximum absolute atomic E-state index is 12.9. The second-order valence-electron chi connectivity index (χ2n) is 7.08. The van der Waals surface area contributed by atoms with E-state index in [9.17, 15) is 9.59 Å². The molecule has 0 saturated carbocycles. The molecule has 0 bridgehead atoms. The van der Waals surface area contributed by atoms with Crippen molar-refractivity contribution < 1.29 is 28.2 Å². The number of hydrogen-bond donors (Lipinski definition) is 0. The third kappa shape index (κ3) is 4.48. The number of esters is 1. The summed E-state index contributed by atoms with van der Waals surface area (Å²) in [6, 6.07) is 15.3. The maximum Gasteiger partial charge on any atom is 0.344 e. The van der Waals surface area contributed by atoms with E-state index in [4.69, 9.17) is 23.4 Å². The molecule has 1 heterocycles. The molecule has 0 spiro atoms. The minimum absolute atomic E-state index is 0.241. The lowest BCUT2D eigenvalue weighted by atomic mass is 10.1. The Kier molecular flexibility index (Phi) is 6.49. The summed E-state index contributed by atoms with van der Waals surface area (Å²) in [4.78, 5) is 25.3.